The molecule has 0 saturated carbocycles. The van der Waals surface area contributed by atoms with Crippen LogP contribution in [-0.2, 0) is 4.79 Å². The topological polar surface area (TPSA) is 63.4 Å². The summed E-state index contributed by atoms with van der Waals surface area (Å²) in [5.74, 6) is -0.540. The highest BCUT2D eigenvalue weighted by molar-refractivity contribution is 7.12. The number of nitrogens with zero attached hydrogens (tertiary/aromatic N) is 1. The molecule has 0 unspecified atom stereocenters. The highest BCUT2D eigenvalue weighted by Crippen LogP contribution is 2.31. The van der Waals surface area contributed by atoms with Crippen LogP contribution in [0.2, 0.25) is 0 Å². The lowest BCUT2D eigenvalue weighted by molar-refractivity contribution is -0.121. The quantitative estimate of drug-likeness (QED) is 0.946. The number of likely N-dealkylation sites (tertiary alicyclic amines) is 1. The number of carbonyl (C=O) groups is 2. The summed E-state index contributed by atoms with van der Waals surface area (Å²) in [6.45, 7) is 3.06. The molecule has 4 nitrogen and oxygen atoms in total. The van der Waals surface area contributed by atoms with Crippen molar-refractivity contribution >= 4 is 23.2 Å². The molecule has 1 aromatic heterocycles. The average molecular weight is 314 g/mol. The van der Waals surface area contributed by atoms with Crippen molar-refractivity contribution in [1.82, 2.24) is 4.90 Å². The SMILES string of the molecule is Cc1ccc(-c2ccsc2C(=O)N2CC[C@H](C(N)=O)C2)cc1. The first-order chi connectivity index (χ1) is 10.6. The Labute approximate surface area is 133 Å². The van der Waals surface area contributed by atoms with E-state index in [0.29, 0.717) is 19.5 Å². The van der Waals surface area contributed by atoms with Gasteiger partial charge in [-0.3, -0.25) is 9.59 Å². The third-order valence-electron chi connectivity index (χ3n) is 4.10. The van der Waals surface area contributed by atoms with Crippen LogP contribution in [-0.4, -0.2) is 29.8 Å². The van der Waals surface area contributed by atoms with Gasteiger partial charge in [0, 0.05) is 18.7 Å². The second-order valence-corrected chi connectivity index (χ2v) is 6.58. The first-order valence-corrected chi connectivity index (χ1v) is 8.17. The van der Waals surface area contributed by atoms with E-state index in [1.54, 1.807) is 4.90 Å². The third-order valence-corrected chi connectivity index (χ3v) is 5.00. The summed E-state index contributed by atoms with van der Waals surface area (Å²) in [4.78, 5) is 26.5. The van der Waals surface area contributed by atoms with Crippen molar-refractivity contribution in [3.05, 3.63) is 46.2 Å². The molecule has 5 heteroatoms. The highest BCUT2D eigenvalue weighted by atomic mass is 32.1. The molecule has 0 aliphatic carbocycles. The maximum absolute atomic E-state index is 12.7. The van der Waals surface area contributed by atoms with Gasteiger partial charge in [0.1, 0.15) is 0 Å². The fraction of sp³-hybridized carbons (Fsp3) is 0.294. The predicted octanol–water partition coefficient (Wildman–Crippen LogP) is 2.67. The number of carbonyl (C=O) groups excluding carboxylic acids is 2. The van der Waals surface area contributed by atoms with Crippen LogP contribution in [0.3, 0.4) is 0 Å². The summed E-state index contributed by atoms with van der Waals surface area (Å²) >= 11 is 1.45. The van der Waals surface area contributed by atoms with Crippen LogP contribution in [0.1, 0.15) is 21.7 Å². The lowest BCUT2D eigenvalue weighted by Crippen LogP contribution is -2.31. The van der Waals surface area contributed by atoms with Gasteiger partial charge in [0.25, 0.3) is 5.91 Å². The molecule has 2 N–H and O–H groups in total. The molecule has 3 rings (SSSR count). The first kappa shape index (κ1) is 14.8. The van der Waals surface area contributed by atoms with E-state index < -0.39 is 0 Å². The molecule has 2 heterocycles. The molecule has 1 atom stereocenters. The van der Waals surface area contributed by atoms with Crippen molar-refractivity contribution in [3.63, 3.8) is 0 Å². The van der Waals surface area contributed by atoms with Crippen LogP contribution < -0.4 is 5.73 Å². The van der Waals surface area contributed by atoms with Crippen LogP contribution in [0.5, 0.6) is 0 Å². The van der Waals surface area contributed by atoms with E-state index >= 15 is 0 Å². The fourth-order valence-electron chi connectivity index (χ4n) is 2.76. The molecule has 1 aliphatic rings. The number of benzene rings is 1. The van der Waals surface area contributed by atoms with Crippen LogP contribution in [0.4, 0.5) is 0 Å². The molecule has 0 spiro atoms. The molecule has 1 aromatic carbocycles. The van der Waals surface area contributed by atoms with E-state index in [9.17, 15) is 9.59 Å². The molecular formula is C17H18N2O2S. The normalized spacial score (nSPS) is 17.7. The monoisotopic (exact) mass is 314 g/mol. The van der Waals surface area contributed by atoms with Gasteiger partial charge in [0.2, 0.25) is 5.91 Å². The van der Waals surface area contributed by atoms with Gasteiger partial charge in [-0.1, -0.05) is 29.8 Å². The lowest BCUT2D eigenvalue weighted by atomic mass is 10.0. The molecule has 22 heavy (non-hydrogen) atoms. The van der Waals surface area contributed by atoms with Crippen molar-refractivity contribution in [3.8, 4) is 11.1 Å². The van der Waals surface area contributed by atoms with Gasteiger partial charge < -0.3 is 10.6 Å². The summed E-state index contributed by atoms with van der Waals surface area (Å²) in [5.41, 5.74) is 8.53. The Morgan fingerprint density at radius 1 is 1.23 bits per heavy atom. The molecule has 2 aromatic rings. The third kappa shape index (κ3) is 2.76. The molecule has 0 radical (unpaired) electrons. The number of hydrogen-bond acceptors (Lipinski definition) is 3. The zero-order chi connectivity index (χ0) is 15.7. The van der Waals surface area contributed by atoms with Crippen molar-refractivity contribution in [2.24, 2.45) is 11.7 Å². The maximum Gasteiger partial charge on any atom is 0.264 e. The second-order valence-electron chi connectivity index (χ2n) is 5.67. The van der Waals surface area contributed by atoms with E-state index in [0.717, 1.165) is 16.0 Å². The summed E-state index contributed by atoms with van der Waals surface area (Å²) in [6.07, 6.45) is 0.659. The molecule has 2 amide bonds. The van der Waals surface area contributed by atoms with Gasteiger partial charge in [0.15, 0.2) is 0 Å². The number of aryl methyl sites for hydroxylation is 1. The Kier molecular flexibility index (Phi) is 3.98. The van der Waals surface area contributed by atoms with Crippen molar-refractivity contribution in [1.29, 1.82) is 0 Å². The largest absolute Gasteiger partial charge is 0.369 e. The molecule has 0 bridgehead atoms. The number of rotatable bonds is 3. The summed E-state index contributed by atoms with van der Waals surface area (Å²) in [6, 6.07) is 10.1. The maximum atomic E-state index is 12.7. The Hall–Kier alpha value is -2.14. The summed E-state index contributed by atoms with van der Waals surface area (Å²) in [5, 5.41) is 1.93. The van der Waals surface area contributed by atoms with Gasteiger partial charge in [0.05, 0.1) is 10.8 Å². The number of hydrogen-bond donors (Lipinski definition) is 1. The molecule has 1 aliphatic heterocycles. The van der Waals surface area contributed by atoms with Gasteiger partial charge >= 0.3 is 0 Å². The zero-order valence-electron chi connectivity index (χ0n) is 12.4. The fourth-order valence-corrected chi connectivity index (χ4v) is 3.64. The number of amides is 2. The number of primary amides is 1. The van der Waals surface area contributed by atoms with Crippen LogP contribution in [0.15, 0.2) is 35.7 Å². The molecular weight excluding hydrogens is 296 g/mol. The van der Waals surface area contributed by atoms with E-state index in [1.165, 1.54) is 16.9 Å². The Bertz CT molecular complexity index is 706. The van der Waals surface area contributed by atoms with E-state index in [1.807, 2.05) is 42.6 Å². The average Bonchev–Trinajstić information content (AvgIpc) is 3.17. The van der Waals surface area contributed by atoms with Gasteiger partial charge in [-0.05, 0) is 30.4 Å². The minimum absolute atomic E-state index is 0.00525. The van der Waals surface area contributed by atoms with Crippen molar-refractivity contribution in [2.45, 2.75) is 13.3 Å². The predicted molar refractivity (Wildman–Crippen MR) is 87.7 cm³/mol. The van der Waals surface area contributed by atoms with Gasteiger partial charge in [-0.25, -0.2) is 0 Å². The summed E-state index contributed by atoms with van der Waals surface area (Å²) in [7, 11) is 0. The van der Waals surface area contributed by atoms with Crippen LogP contribution >= 0.6 is 11.3 Å². The lowest BCUT2D eigenvalue weighted by Gasteiger charge is -2.16. The first-order valence-electron chi connectivity index (χ1n) is 7.29. The Morgan fingerprint density at radius 3 is 2.59 bits per heavy atom. The molecule has 114 valence electrons. The number of thiophene rings is 1. The number of nitrogens with two attached hydrogens (primary N) is 1. The standard InChI is InChI=1S/C17H18N2O2S/c1-11-2-4-12(5-3-11)14-7-9-22-15(14)17(21)19-8-6-13(10-19)16(18)20/h2-5,7,9,13H,6,8,10H2,1H3,(H2,18,20)/t13-/m0/s1. The van der Waals surface area contributed by atoms with Gasteiger partial charge in [-0.2, -0.15) is 0 Å². The van der Waals surface area contributed by atoms with E-state index in [2.05, 4.69) is 0 Å². The Morgan fingerprint density at radius 2 is 1.95 bits per heavy atom. The van der Waals surface area contributed by atoms with Crippen LogP contribution in [0, 0.1) is 12.8 Å². The minimum Gasteiger partial charge on any atom is -0.369 e. The van der Waals surface area contributed by atoms with E-state index in [4.69, 9.17) is 5.73 Å². The second kappa shape index (κ2) is 5.93. The van der Waals surface area contributed by atoms with Crippen molar-refractivity contribution < 1.29 is 9.59 Å². The molecule has 1 saturated heterocycles. The van der Waals surface area contributed by atoms with E-state index in [-0.39, 0.29) is 17.7 Å². The summed E-state index contributed by atoms with van der Waals surface area (Å²) < 4.78 is 0. The molecule has 1 fully saturated rings. The highest BCUT2D eigenvalue weighted by Gasteiger charge is 2.31. The smallest absolute Gasteiger partial charge is 0.264 e. The van der Waals surface area contributed by atoms with Crippen LogP contribution in [0.25, 0.3) is 11.1 Å². The Balaban J connectivity index is 1.84. The zero-order valence-corrected chi connectivity index (χ0v) is 13.2. The van der Waals surface area contributed by atoms with Crippen molar-refractivity contribution in [2.75, 3.05) is 13.1 Å². The van der Waals surface area contributed by atoms with Gasteiger partial charge in [-0.15, -0.1) is 11.3 Å². The minimum atomic E-state index is -0.319.